The van der Waals surface area contributed by atoms with Crippen molar-refractivity contribution in [2.45, 2.75) is 38.2 Å². The van der Waals surface area contributed by atoms with E-state index in [0.717, 1.165) is 89.2 Å². The fourth-order valence-electron chi connectivity index (χ4n) is 6.07. The normalized spacial score (nSPS) is 25.5. The van der Waals surface area contributed by atoms with Crippen LogP contribution >= 0.6 is 11.8 Å². The zero-order chi connectivity index (χ0) is 26.2. The summed E-state index contributed by atoms with van der Waals surface area (Å²) in [4.78, 5) is 24.8. The Bertz CT molecular complexity index is 1050. The molecule has 38 heavy (non-hydrogen) atoms. The molecule has 1 aromatic rings. The van der Waals surface area contributed by atoms with Crippen molar-refractivity contribution >= 4 is 34.2 Å². The number of rotatable bonds is 4. The van der Waals surface area contributed by atoms with Gasteiger partial charge in [0.15, 0.2) is 10.7 Å². The lowest BCUT2D eigenvalue weighted by atomic mass is 9.95. The second kappa shape index (κ2) is 11.0. The number of hydrazone groups is 1. The van der Waals surface area contributed by atoms with Crippen LogP contribution in [0, 0.1) is 5.92 Å². The van der Waals surface area contributed by atoms with Crippen LogP contribution in [0.5, 0.6) is 0 Å². The average Bonchev–Trinajstić information content (AvgIpc) is 3.53. The van der Waals surface area contributed by atoms with E-state index in [-0.39, 0.29) is 11.4 Å². The number of piperazine rings is 2. The molecule has 5 aliphatic rings. The Hall–Kier alpha value is -2.43. The number of nitrogens with zero attached hydrogens (tertiary/aromatic N) is 7. The van der Waals surface area contributed by atoms with Crippen molar-refractivity contribution in [3.63, 3.8) is 0 Å². The van der Waals surface area contributed by atoms with Crippen molar-refractivity contribution in [2.75, 3.05) is 77.4 Å². The highest BCUT2D eigenvalue weighted by Crippen LogP contribution is 2.35. The van der Waals surface area contributed by atoms with Crippen molar-refractivity contribution in [3.8, 4) is 0 Å². The van der Waals surface area contributed by atoms with E-state index in [2.05, 4.69) is 86.2 Å². The van der Waals surface area contributed by atoms with Gasteiger partial charge in [-0.2, -0.15) is 0 Å². The van der Waals surface area contributed by atoms with E-state index in [0.29, 0.717) is 11.9 Å². The number of likely N-dealkylation sites (N-methyl/N-ethyl adjacent to an activating group) is 1. The third-order valence-electron chi connectivity index (χ3n) is 8.72. The summed E-state index contributed by atoms with van der Waals surface area (Å²) < 4.78 is 0. The number of nitrogens with one attached hydrogen (secondary N) is 1. The molecule has 0 aliphatic carbocycles. The van der Waals surface area contributed by atoms with Crippen molar-refractivity contribution in [3.05, 3.63) is 36.0 Å². The zero-order valence-electron chi connectivity index (χ0n) is 23.1. The van der Waals surface area contributed by atoms with Gasteiger partial charge in [0.05, 0.1) is 11.9 Å². The van der Waals surface area contributed by atoms with E-state index in [1.807, 2.05) is 0 Å². The van der Waals surface area contributed by atoms with Gasteiger partial charge in [0.1, 0.15) is 0 Å². The van der Waals surface area contributed by atoms with Gasteiger partial charge < -0.3 is 24.9 Å². The fourth-order valence-corrected chi connectivity index (χ4v) is 7.14. The molecule has 9 nitrogen and oxygen atoms in total. The number of hydrogen-bond acceptors (Lipinski definition) is 9. The first-order valence-electron chi connectivity index (χ1n) is 14.3. The van der Waals surface area contributed by atoms with Gasteiger partial charge in [-0.15, -0.1) is 5.10 Å². The topological polar surface area (TPSA) is 60.9 Å². The minimum Gasteiger partial charge on any atom is -0.369 e. The maximum Gasteiger partial charge on any atom is 0.225 e. The number of fused-ring (bicyclic) bond motifs is 1. The Labute approximate surface area is 231 Å². The lowest BCUT2D eigenvalue weighted by Crippen LogP contribution is -2.50. The summed E-state index contributed by atoms with van der Waals surface area (Å²) in [7, 11) is 2.13. The van der Waals surface area contributed by atoms with Crippen LogP contribution in [0.4, 0.5) is 5.69 Å². The molecule has 5 aliphatic heterocycles. The summed E-state index contributed by atoms with van der Waals surface area (Å²) in [5.74, 6) is 0.519. The summed E-state index contributed by atoms with van der Waals surface area (Å²) in [5, 5.41) is 11.7. The van der Waals surface area contributed by atoms with Gasteiger partial charge in [-0.25, -0.2) is 5.01 Å². The van der Waals surface area contributed by atoms with Gasteiger partial charge in [0.2, 0.25) is 5.91 Å². The second-order valence-corrected chi connectivity index (χ2v) is 12.5. The van der Waals surface area contributed by atoms with E-state index < -0.39 is 0 Å². The van der Waals surface area contributed by atoms with Crippen LogP contribution in [-0.4, -0.2) is 120 Å². The van der Waals surface area contributed by atoms with Crippen LogP contribution in [-0.2, 0) is 4.79 Å². The number of carbonyl (C=O) groups is 1. The van der Waals surface area contributed by atoms with E-state index in [9.17, 15) is 4.79 Å². The van der Waals surface area contributed by atoms with Crippen molar-refractivity contribution in [2.24, 2.45) is 11.0 Å². The molecule has 3 fully saturated rings. The number of likely N-dealkylation sites (tertiary alicyclic amines) is 1. The molecule has 0 spiro atoms. The predicted octanol–water partition coefficient (Wildman–Crippen LogP) is 2.21. The molecular weight excluding hydrogens is 496 g/mol. The fraction of sp³-hybridized carbons (Fsp3) is 0.643. The number of anilines is 1. The number of piperidine rings is 1. The number of thioether (sulfide) groups is 1. The van der Waals surface area contributed by atoms with Crippen LogP contribution in [0.3, 0.4) is 0 Å². The summed E-state index contributed by atoms with van der Waals surface area (Å²) in [6, 6.07) is 9.58. The number of carbonyl (C=O) groups excluding carboxylic acids is 1. The molecule has 5 heterocycles. The maximum absolute atomic E-state index is 13.0. The van der Waals surface area contributed by atoms with Gasteiger partial charge in [-0.3, -0.25) is 9.69 Å². The first kappa shape index (κ1) is 25.8. The second-order valence-electron chi connectivity index (χ2n) is 11.5. The van der Waals surface area contributed by atoms with E-state index in [1.54, 1.807) is 11.8 Å². The minimum atomic E-state index is 0.105. The van der Waals surface area contributed by atoms with Gasteiger partial charge in [-0.05, 0) is 63.2 Å². The van der Waals surface area contributed by atoms with Crippen LogP contribution in [0.1, 0.15) is 32.3 Å². The number of amides is 1. The largest absolute Gasteiger partial charge is 0.369 e. The summed E-state index contributed by atoms with van der Waals surface area (Å²) in [6.07, 6.45) is 3.97. The number of hydrogen-bond donors (Lipinski definition) is 1. The van der Waals surface area contributed by atoms with Gasteiger partial charge in [0.25, 0.3) is 0 Å². The third kappa shape index (κ3) is 5.35. The number of amidine groups is 1. The van der Waals surface area contributed by atoms with Gasteiger partial charge >= 0.3 is 0 Å². The monoisotopic (exact) mass is 538 g/mol. The van der Waals surface area contributed by atoms with Crippen molar-refractivity contribution in [1.82, 2.24) is 29.9 Å². The molecule has 1 N–H and O–H groups in total. The highest BCUT2D eigenvalue weighted by Gasteiger charge is 2.37. The SMILES string of the molecule is CC(C)N1CCN(c2ccc(C3=CN4N=C(N5CCC(C(=O)N6CCN(C)CC6)CC5)SC4N3)cc2)CC1. The molecule has 6 rings (SSSR count). The van der Waals surface area contributed by atoms with Crippen molar-refractivity contribution < 1.29 is 4.79 Å². The highest BCUT2D eigenvalue weighted by atomic mass is 32.2. The molecule has 1 amide bonds. The first-order chi connectivity index (χ1) is 18.4. The van der Waals surface area contributed by atoms with Crippen LogP contribution in [0.2, 0.25) is 0 Å². The Morgan fingerprint density at radius 3 is 2.24 bits per heavy atom. The quantitative estimate of drug-likeness (QED) is 0.626. The Balaban J connectivity index is 1.01. The van der Waals surface area contributed by atoms with Crippen LogP contribution < -0.4 is 10.2 Å². The van der Waals surface area contributed by atoms with Crippen molar-refractivity contribution in [1.29, 1.82) is 0 Å². The third-order valence-corrected chi connectivity index (χ3v) is 9.82. The molecule has 0 radical (unpaired) electrons. The molecule has 3 saturated heterocycles. The standard InChI is InChI=1S/C28H42N8OS/c1-21(2)32-16-18-33(19-17-32)24-6-4-22(5-7-24)25-20-36-27(29-25)38-28(30-36)35-10-8-23(9-11-35)26(37)34-14-12-31(3)13-15-34/h4-7,20-21,23,27,29H,8-19H2,1-3H3. The Morgan fingerprint density at radius 1 is 0.921 bits per heavy atom. The zero-order valence-corrected chi connectivity index (χ0v) is 23.9. The molecular formula is C28H42N8OS. The molecule has 1 unspecified atom stereocenters. The Morgan fingerprint density at radius 2 is 1.61 bits per heavy atom. The molecule has 206 valence electrons. The molecule has 0 saturated carbocycles. The molecule has 10 heteroatoms. The molecule has 1 atom stereocenters. The number of benzene rings is 1. The lowest BCUT2D eigenvalue weighted by molar-refractivity contribution is -0.138. The molecule has 1 aromatic carbocycles. The molecule has 0 aromatic heterocycles. The first-order valence-corrected chi connectivity index (χ1v) is 15.2. The van der Waals surface area contributed by atoms with Crippen LogP contribution in [0.15, 0.2) is 35.6 Å². The average molecular weight is 539 g/mol. The summed E-state index contributed by atoms with van der Waals surface area (Å²) in [6.45, 7) is 14.5. The minimum absolute atomic E-state index is 0.105. The van der Waals surface area contributed by atoms with E-state index in [4.69, 9.17) is 5.10 Å². The maximum atomic E-state index is 13.0. The van der Waals surface area contributed by atoms with E-state index >= 15 is 0 Å². The van der Waals surface area contributed by atoms with E-state index in [1.165, 1.54) is 11.3 Å². The van der Waals surface area contributed by atoms with Gasteiger partial charge in [0, 0.05) is 83.1 Å². The smallest absolute Gasteiger partial charge is 0.225 e. The summed E-state index contributed by atoms with van der Waals surface area (Å²) >= 11 is 1.78. The highest BCUT2D eigenvalue weighted by molar-refractivity contribution is 8.14. The van der Waals surface area contributed by atoms with Crippen LogP contribution in [0.25, 0.3) is 5.70 Å². The predicted molar refractivity (Wildman–Crippen MR) is 156 cm³/mol. The van der Waals surface area contributed by atoms with Gasteiger partial charge in [-0.1, -0.05) is 12.1 Å². The lowest BCUT2D eigenvalue weighted by Gasteiger charge is -2.38. The summed E-state index contributed by atoms with van der Waals surface area (Å²) in [5.41, 5.74) is 3.73. The Kier molecular flexibility index (Phi) is 7.46. The molecule has 0 bridgehead atoms.